The van der Waals surface area contributed by atoms with Gasteiger partial charge in [0.2, 0.25) is 0 Å². The van der Waals surface area contributed by atoms with E-state index in [1.807, 2.05) is 13.8 Å². The van der Waals surface area contributed by atoms with Gasteiger partial charge in [-0.3, -0.25) is 0 Å². The quantitative estimate of drug-likeness (QED) is 0.788. The predicted molar refractivity (Wildman–Crippen MR) is 58.0 cm³/mol. The molecule has 0 bridgehead atoms. The van der Waals surface area contributed by atoms with Crippen LogP contribution < -0.4 is 5.73 Å². The lowest BCUT2D eigenvalue weighted by molar-refractivity contribution is 0.606. The van der Waals surface area contributed by atoms with Crippen molar-refractivity contribution >= 4 is 0 Å². The summed E-state index contributed by atoms with van der Waals surface area (Å²) < 4.78 is 13.4. The van der Waals surface area contributed by atoms with Crippen molar-refractivity contribution in [2.24, 2.45) is 5.73 Å². The first-order valence-electron chi connectivity index (χ1n) is 5.03. The lowest BCUT2D eigenvalue weighted by Crippen LogP contribution is -2.05. The molecule has 1 aromatic rings. The van der Waals surface area contributed by atoms with Crippen LogP contribution in [0, 0.1) is 19.7 Å². The zero-order valence-corrected chi connectivity index (χ0v) is 9.10. The summed E-state index contributed by atoms with van der Waals surface area (Å²) in [4.78, 5) is 0. The van der Waals surface area contributed by atoms with E-state index in [2.05, 4.69) is 13.0 Å². The summed E-state index contributed by atoms with van der Waals surface area (Å²) in [5.41, 5.74) is 8.29. The standard InChI is InChI=1S/C12H18FN/c1-8(4-5-14)11-6-9(2)10(3)12(13)7-11/h6-8H,4-5,14H2,1-3H3. The predicted octanol–water partition coefficient (Wildman–Crippen LogP) is 2.89. The van der Waals surface area contributed by atoms with Gasteiger partial charge in [-0.2, -0.15) is 0 Å². The largest absolute Gasteiger partial charge is 0.330 e. The van der Waals surface area contributed by atoms with Crippen molar-refractivity contribution in [2.75, 3.05) is 6.54 Å². The first-order chi connectivity index (χ1) is 6.56. The van der Waals surface area contributed by atoms with Crippen LogP contribution in [0.1, 0.15) is 36.0 Å². The molecule has 14 heavy (non-hydrogen) atoms. The van der Waals surface area contributed by atoms with Crippen molar-refractivity contribution in [1.82, 2.24) is 0 Å². The molecule has 0 saturated heterocycles. The van der Waals surface area contributed by atoms with Crippen molar-refractivity contribution in [3.8, 4) is 0 Å². The molecule has 0 aliphatic rings. The Kier molecular flexibility index (Phi) is 3.64. The Bertz CT molecular complexity index is 297. The van der Waals surface area contributed by atoms with Gasteiger partial charge >= 0.3 is 0 Å². The number of benzene rings is 1. The minimum Gasteiger partial charge on any atom is -0.330 e. The molecule has 0 radical (unpaired) electrons. The van der Waals surface area contributed by atoms with Crippen LogP contribution in [-0.4, -0.2) is 6.54 Å². The zero-order valence-electron chi connectivity index (χ0n) is 9.10. The second-order valence-electron chi connectivity index (χ2n) is 3.92. The Morgan fingerprint density at radius 3 is 2.50 bits per heavy atom. The monoisotopic (exact) mass is 195 g/mol. The van der Waals surface area contributed by atoms with Gasteiger partial charge in [0.05, 0.1) is 0 Å². The molecule has 1 rings (SSSR count). The molecular formula is C12H18FN. The van der Waals surface area contributed by atoms with E-state index in [4.69, 9.17) is 5.73 Å². The molecule has 0 aromatic heterocycles. The molecule has 0 aliphatic carbocycles. The van der Waals surface area contributed by atoms with Crippen LogP contribution in [0.4, 0.5) is 4.39 Å². The molecule has 2 heteroatoms. The zero-order chi connectivity index (χ0) is 10.7. The van der Waals surface area contributed by atoms with Crippen LogP contribution in [0.2, 0.25) is 0 Å². The fourth-order valence-electron chi connectivity index (χ4n) is 1.54. The van der Waals surface area contributed by atoms with Crippen LogP contribution >= 0.6 is 0 Å². The lowest BCUT2D eigenvalue weighted by Gasteiger charge is -2.13. The van der Waals surface area contributed by atoms with Crippen LogP contribution in [0.25, 0.3) is 0 Å². The number of hydrogen-bond donors (Lipinski definition) is 1. The summed E-state index contributed by atoms with van der Waals surface area (Å²) in [5, 5.41) is 0. The molecule has 1 atom stereocenters. The van der Waals surface area contributed by atoms with E-state index in [9.17, 15) is 4.39 Å². The Morgan fingerprint density at radius 2 is 2.00 bits per heavy atom. The topological polar surface area (TPSA) is 26.0 Å². The second-order valence-corrected chi connectivity index (χ2v) is 3.92. The highest BCUT2D eigenvalue weighted by Gasteiger charge is 2.09. The maximum absolute atomic E-state index is 13.4. The average Bonchev–Trinajstić information content (AvgIpc) is 2.13. The van der Waals surface area contributed by atoms with Gasteiger partial charge in [-0.25, -0.2) is 4.39 Å². The number of nitrogens with two attached hydrogens (primary N) is 1. The smallest absolute Gasteiger partial charge is 0.126 e. The molecule has 1 aromatic carbocycles. The van der Waals surface area contributed by atoms with Crippen LogP contribution in [0.15, 0.2) is 12.1 Å². The summed E-state index contributed by atoms with van der Waals surface area (Å²) in [7, 11) is 0. The number of hydrogen-bond acceptors (Lipinski definition) is 1. The van der Waals surface area contributed by atoms with E-state index in [-0.39, 0.29) is 5.82 Å². The van der Waals surface area contributed by atoms with Crippen molar-refractivity contribution < 1.29 is 4.39 Å². The molecule has 0 saturated carbocycles. The van der Waals surface area contributed by atoms with Crippen LogP contribution in [-0.2, 0) is 0 Å². The second kappa shape index (κ2) is 4.56. The normalized spacial score (nSPS) is 12.9. The van der Waals surface area contributed by atoms with E-state index in [1.165, 1.54) is 0 Å². The van der Waals surface area contributed by atoms with Crippen LogP contribution in [0.5, 0.6) is 0 Å². The van der Waals surface area contributed by atoms with Gasteiger partial charge in [-0.15, -0.1) is 0 Å². The summed E-state index contributed by atoms with van der Waals surface area (Å²) in [6.45, 7) is 6.48. The Hall–Kier alpha value is -0.890. The fourth-order valence-corrected chi connectivity index (χ4v) is 1.54. The highest BCUT2D eigenvalue weighted by Crippen LogP contribution is 2.23. The summed E-state index contributed by atoms with van der Waals surface area (Å²) in [6, 6.07) is 3.68. The highest BCUT2D eigenvalue weighted by atomic mass is 19.1. The van der Waals surface area contributed by atoms with E-state index >= 15 is 0 Å². The van der Waals surface area contributed by atoms with Gasteiger partial charge in [0.25, 0.3) is 0 Å². The van der Waals surface area contributed by atoms with Crippen molar-refractivity contribution in [3.05, 3.63) is 34.6 Å². The molecular weight excluding hydrogens is 177 g/mol. The summed E-state index contributed by atoms with van der Waals surface area (Å²) in [5.74, 6) is 0.234. The van der Waals surface area contributed by atoms with E-state index < -0.39 is 0 Å². The maximum atomic E-state index is 13.4. The molecule has 0 heterocycles. The lowest BCUT2D eigenvalue weighted by atomic mass is 9.94. The van der Waals surface area contributed by atoms with Gasteiger partial charge in [-0.1, -0.05) is 13.0 Å². The summed E-state index contributed by atoms with van der Waals surface area (Å²) >= 11 is 0. The fraction of sp³-hybridized carbons (Fsp3) is 0.500. The molecule has 2 N–H and O–H groups in total. The number of halogens is 1. The Balaban J connectivity index is 3.00. The Labute approximate surface area is 85.1 Å². The molecule has 0 fully saturated rings. The Morgan fingerprint density at radius 1 is 1.36 bits per heavy atom. The van der Waals surface area contributed by atoms with Gasteiger partial charge in [0.15, 0.2) is 0 Å². The third kappa shape index (κ3) is 2.32. The highest BCUT2D eigenvalue weighted by molar-refractivity contribution is 5.33. The molecule has 1 unspecified atom stereocenters. The van der Waals surface area contributed by atoms with Crippen molar-refractivity contribution in [2.45, 2.75) is 33.1 Å². The first kappa shape index (κ1) is 11.2. The number of aryl methyl sites for hydroxylation is 1. The number of rotatable bonds is 3. The molecule has 1 nitrogen and oxygen atoms in total. The van der Waals surface area contributed by atoms with E-state index in [0.29, 0.717) is 12.5 Å². The van der Waals surface area contributed by atoms with Gasteiger partial charge < -0.3 is 5.73 Å². The minimum atomic E-state index is -0.108. The molecule has 0 spiro atoms. The SMILES string of the molecule is Cc1cc(C(C)CCN)cc(F)c1C. The first-order valence-corrected chi connectivity index (χ1v) is 5.03. The van der Waals surface area contributed by atoms with Crippen molar-refractivity contribution in [1.29, 1.82) is 0 Å². The minimum absolute atomic E-state index is 0.108. The van der Waals surface area contributed by atoms with Gasteiger partial charge in [0, 0.05) is 0 Å². The van der Waals surface area contributed by atoms with Crippen LogP contribution in [0.3, 0.4) is 0 Å². The molecule has 0 amide bonds. The van der Waals surface area contributed by atoms with E-state index in [0.717, 1.165) is 23.1 Å². The third-order valence-corrected chi connectivity index (χ3v) is 2.80. The summed E-state index contributed by atoms with van der Waals surface area (Å²) in [6.07, 6.45) is 0.905. The maximum Gasteiger partial charge on any atom is 0.126 e. The average molecular weight is 195 g/mol. The van der Waals surface area contributed by atoms with Gasteiger partial charge in [-0.05, 0) is 55.5 Å². The molecule has 78 valence electrons. The van der Waals surface area contributed by atoms with E-state index in [1.54, 1.807) is 6.07 Å². The van der Waals surface area contributed by atoms with Gasteiger partial charge in [0.1, 0.15) is 5.82 Å². The molecule has 0 aliphatic heterocycles. The van der Waals surface area contributed by atoms with Crippen molar-refractivity contribution in [3.63, 3.8) is 0 Å². The third-order valence-electron chi connectivity index (χ3n) is 2.80.